The summed E-state index contributed by atoms with van der Waals surface area (Å²) in [5, 5.41) is 15.9. The molecule has 3 rings (SSSR count). The second-order valence-corrected chi connectivity index (χ2v) is 8.43. The molecule has 0 aliphatic heterocycles. The van der Waals surface area contributed by atoms with Crippen LogP contribution in [0.4, 0.5) is 10.1 Å². The first-order valence-electron chi connectivity index (χ1n) is 11.4. The van der Waals surface area contributed by atoms with Gasteiger partial charge in [-0.1, -0.05) is 30.5 Å². The highest BCUT2D eigenvalue weighted by atomic mass is 19.1. The van der Waals surface area contributed by atoms with E-state index in [0.29, 0.717) is 28.1 Å². The fourth-order valence-corrected chi connectivity index (χ4v) is 4.02. The maximum atomic E-state index is 13.5. The first kappa shape index (κ1) is 25.2. The molecule has 4 N–H and O–H groups in total. The van der Waals surface area contributed by atoms with Gasteiger partial charge in [-0.25, -0.2) is 4.39 Å². The third-order valence-corrected chi connectivity index (χ3v) is 5.99. The summed E-state index contributed by atoms with van der Waals surface area (Å²) in [6, 6.07) is 11.2. The van der Waals surface area contributed by atoms with E-state index in [1.807, 2.05) is 0 Å². The molecule has 1 fully saturated rings. The van der Waals surface area contributed by atoms with Gasteiger partial charge in [0.25, 0.3) is 5.91 Å². The number of nitrogens with one attached hydrogen (secondary N) is 1. The van der Waals surface area contributed by atoms with Crippen LogP contribution >= 0.6 is 0 Å². The van der Waals surface area contributed by atoms with Gasteiger partial charge in [-0.05, 0) is 54.8 Å². The number of carboxylic acids is 1. The van der Waals surface area contributed by atoms with Crippen molar-refractivity contribution in [3.8, 4) is 0 Å². The van der Waals surface area contributed by atoms with Gasteiger partial charge in [0.1, 0.15) is 11.5 Å². The summed E-state index contributed by atoms with van der Waals surface area (Å²) in [5.41, 5.74) is 8.87. The fourth-order valence-electron chi connectivity index (χ4n) is 4.02. The number of rotatable bonds is 10. The Bertz CT molecular complexity index is 1020. The summed E-state index contributed by atoms with van der Waals surface area (Å²) in [6.45, 7) is -0.170. The molecular weight excluding hydrogens is 439 g/mol. The number of hydrogen-bond acceptors (Lipinski definition) is 6. The second-order valence-electron chi connectivity index (χ2n) is 8.43. The lowest BCUT2D eigenvalue weighted by Gasteiger charge is -2.30. The number of halogens is 1. The molecule has 0 radical (unpaired) electrons. The Balaban J connectivity index is 1.79. The number of benzene rings is 2. The number of nitrogen functional groups attached to an aromatic ring is 1. The largest absolute Gasteiger partial charge is 0.480 e. The summed E-state index contributed by atoms with van der Waals surface area (Å²) in [5.74, 6) is -1.51. The standard InChI is InChI=1S/C25H31FN4O4/c1-30(21-5-3-2-4-6-21)23(31)16-34-29-25(17-7-10-20(26)11-8-17)18-9-12-22(27)19(13-18)14-28-15-24(32)33/h7-13,21,28H,2-6,14-16,27H2,1H3,(H,32,33). The van der Waals surface area contributed by atoms with Gasteiger partial charge in [0.15, 0.2) is 6.61 Å². The van der Waals surface area contributed by atoms with Crippen molar-refractivity contribution in [1.82, 2.24) is 10.2 Å². The zero-order valence-electron chi connectivity index (χ0n) is 19.3. The average Bonchev–Trinajstić information content (AvgIpc) is 2.83. The molecule has 1 amide bonds. The maximum Gasteiger partial charge on any atom is 0.317 e. The molecule has 1 aliphatic carbocycles. The van der Waals surface area contributed by atoms with Gasteiger partial charge in [0.2, 0.25) is 0 Å². The lowest BCUT2D eigenvalue weighted by Crippen LogP contribution is -2.40. The van der Waals surface area contributed by atoms with E-state index in [2.05, 4.69) is 10.5 Å². The van der Waals surface area contributed by atoms with Gasteiger partial charge < -0.3 is 25.9 Å². The fraction of sp³-hybridized carbons (Fsp3) is 0.400. The van der Waals surface area contributed by atoms with Gasteiger partial charge in [-0.3, -0.25) is 9.59 Å². The molecule has 1 saturated carbocycles. The van der Waals surface area contributed by atoms with E-state index in [1.54, 1.807) is 42.3 Å². The minimum Gasteiger partial charge on any atom is -0.480 e. The predicted octanol–water partition coefficient (Wildman–Crippen LogP) is 3.14. The van der Waals surface area contributed by atoms with Crippen molar-refractivity contribution in [2.75, 3.05) is 25.9 Å². The second kappa shape index (κ2) is 12.1. The third-order valence-electron chi connectivity index (χ3n) is 5.99. The molecule has 0 saturated heterocycles. The van der Waals surface area contributed by atoms with E-state index in [-0.39, 0.29) is 37.5 Å². The van der Waals surface area contributed by atoms with E-state index in [9.17, 15) is 14.0 Å². The molecule has 0 bridgehead atoms. The van der Waals surface area contributed by atoms with Crippen molar-refractivity contribution >= 4 is 23.3 Å². The predicted molar refractivity (Wildman–Crippen MR) is 128 cm³/mol. The number of amides is 1. The highest BCUT2D eigenvalue weighted by molar-refractivity contribution is 6.12. The van der Waals surface area contributed by atoms with Crippen LogP contribution in [0.5, 0.6) is 0 Å². The van der Waals surface area contributed by atoms with Crippen molar-refractivity contribution in [2.24, 2.45) is 5.16 Å². The zero-order valence-corrected chi connectivity index (χ0v) is 19.3. The Hall–Kier alpha value is -3.46. The molecule has 34 heavy (non-hydrogen) atoms. The van der Waals surface area contributed by atoms with Crippen LogP contribution in [-0.4, -0.2) is 53.8 Å². The van der Waals surface area contributed by atoms with E-state index in [1.165, 1.54) is 18.6 Å². The van der Waals surface area contributed by atoms with Crippen molar-refractivity contribution in [3.63, 3.8) is 0 Å². The van der Waals surface area contributed by atoms with Gasteiger partial charge >= 0.3 is 5.97 Å². The topological polar surface area (TPSA) is 117 Å². The summed E-state index contributed by atoms with van der Waals surface area (Å²) >= 11 is 0. The minimum absolute atomic E-state index is 0.148. The van der Waals surface area contributed by atoms with Crippen LogP contribution in [0.25, 0.3) is 0 Å². The number of aliphatic carboxylic acids is 1. The van der Waals surface area contributed by atoms with Crippen molar-refractivity contribution < 1.29 is 23.9 Å². The SMILES string of the molecule is CN(C(=O)CON=C(c1ccc(F)cc1)c1ccc(N)c(CNCC(=O)O)c1)C1CCCCC1. The third kappa shape index (κ3) is 7.02. The summed E-state index contributed by atoms with van der Waals surface area (Å²) < 4.78 is 13.5. The molecule has 0 spiro atoms. The molecule has 0 unspecified atom stereocenters. The Morgan fingerprint density at radius 3 is 2.50 bits per heavy atom. The van der Waals surface area contributed by atoms with Gasteiger partial charge in [-0.2, -0.15) is 0 Å². The monoisotopic (exact) mass is 470 g/mol. The van der Waals surface area contributed by atoms with Crippen LogP contribution < -0.4 is 11.1 Å². The Kier molecular flexibility index (Phi) is 8.98. The summed E-state index contributed by atoms with van der Waals surface area (Å²) in [4.78, 5) is 30.6. The number of carbonyl (C=O) groups is 2. The quantitative estimate of drug-likeness (QED) is 0.279. The van der Waals surface area contributed by atoms with Gasteiger partial charge in [-0.15, -0.1) is 0 Å². The molecule has 8 nitrogen and oxygen atoms in total. The molecule has 0 aromatic heterocycles. The molecule has 1 aliphatic rings. The normalized spacial score (nSPS) is 14.6. The molecule has 0 atom stereocenters. The van der Waals surface area contributed by atoms with E-state index in [0.717, 1.165) is 25.7 Å². The number of carbonyl (C=O) groups excluding carboxylic acids is 1. The highest BCUT2D eigenvalue weighted by Gasteiger charge is 2.22. The van der Waals surface area contributed by atoms with Gasteiger partial charge in [0.05, 0.1) is 6.54 Å². The maximum absolute atomic E-state index is 13.5. The number of oxime groups is 1. The van der Waals surface area contributed by atoms with Crippen molar-refractivity contribution in [3.05, 3.63) is 65.0 Å². The smallest absolute Gasteiger partial charge is 0.317 e. The van der Waals surface area contributed by atoms with Crippen LogP contribution in [0.1, 0.15) is 48.8 Å². The molecule has 0 heterocycles. The van der Waals surface area contributed by atoms with Crippen LogP contribution in [0, 0.1) is 5.82 Å². The lowest BCUT2D eigenvalue weighted by molar-refractivity contribution is -0.137. The van der Waals surface area contributed by atoms with E-state index in [4.69, 9.17) is 15.7 Å². The van der Waals surface area contributed by atoms with Crippen LogP contribution in [0.2, 0.25) is 0 Å². The number of carboxylic acid groups (broad SMARTS) is 1. The highest BCUT2D eigenvalue weighted by Crippen LogP contribution is 2.22. The number of nitrogens with two attached hydrogens (primary N) is 1. The Morgan fingerprint density at radius 2 is 1.82 bits per heavy atom. The van der Waals surface area contributed by atoms with Crippen molar-refractivity contribution in [2.45, 2.75) is 44.7 Å². The molecule has 9 heteroatoms. The molecular formula is C25H31FN4O4. The van der Waals surface area contributed by atoms with Crippen LogP contribution in [0.3, 0.4) is 0 Å². The number of anilines is 1. The Morgan fingerprint density at radius 1 is 1.15 bits per heavy atom. The number of hydrogen-bond donors (Lipinski definition) is 3. The summed E-state index contributed by atoms with van der Waals surface area (Å²) in [6.07, 6.45) is 5.44. The van der Waals surface area contributed by atoms with Gasteiger partial charge in [0, 0.05) is 36.4 Å². The first-order chi connectivity index (χ1) is 16.3. The van der Waals surface area contributed by atoms with Crippen LogP contribution in [0.15, 0.2) is 47.6 Å². The summed E-state index contributed by atoms with van der Waals surface area (Å²) in [7, 11) is 1.79. The van der Waals surface area contributed by atoms with Crippen LogP contribution in [-0.2, 0) is 21.0 Å². The average molecular weight is 471 g/mol. The molecule has 2 aromatic rings. The number of likely N-dealkylation sites (N-methyl/N-ethyl adjacent to an activating group) is 1. The zero-order chi connectivity index (χ0) is 24.5. The number of nitrogens with zero attached hydrogens (tertiary/aromatic N) is 2. The Labute approximate surface area is 198 Å². The van der Waals surface area contributed by atoms with E-state index >= 15 is 0 Å². The minimum atomic E-state index is -0.973. The first-order valence-corrected chi connectivity index (χ1v) is 11.4. The molecule has 2 aromatic carbocycles. The van der Waals surface area contributed by atoms with E-state index < -0.39 is 5.97 Å². The lowest BCUT2D eigenvalue weighted by atomic mass is 9.94. The van der Waals surface area contributed by atoms with Crippen molar-refractivity contribution in [1.29, 1.82) is 0 Å². The molecule has 182 valence electrons.